The Morgan fingerprint density at radius 3 is 2.75 bits per heavy atom. The van der Waals surface area contributed by atoms with Crippen molar-refractivity contribution in [2.24, 2.45) is 13.0 Å². The molecule has 0 spiro atoms. The minimum Gasteiger partial charge on any atom is -0.445 e. The van der Waals surface area contributed by atoms with E-state index in [2.05, 4.69) is 34.3 Å². The first kappa shape index (κ1) is 25.8. The summed E-state index contributed by atoms with van der Waals surface area (Å²) in [5.41, 5.74) is 3.15. The molecule has 0 saturated carbocycles. The summed E-state index contributed by atoms with van der Waals surface area (Å²) in [4.78, 5) is 12.0. The van der Waals surface area contributed by atoms with Gasteiger partial charge in [-0.2, -0.15) is 0 Å². The van der Waals surface area contributed by atoms with Crippen LogP contribution in [0.15, 0.2) is 66.3 Å². The van der Waals surface area contributed by atoms with Gasteiger partial charge in [-0.1, -0.05) is 67.7 Å². The summed E-state index contributed by atoms with van der Waals surface area (Å²) in [6.07, 6.45) is -0.169. The zero-order chi connectivity index (χ0) is 25.5. The van der Waals surface area contributed by atoms with Gasteiger partial charge in [0, 0.05) is 30.0 Å². The van der Waals surface area contributed by atoms with Gasteiger partial charge in [0.2, 0.25) is 5.16 Å². The SMILES string of the molecule is C=CCOC(=O)Nc1cccc(C2OC(CSc3nnnn3C)C(C)C(c3ccc(CO)cc3)O2)c1. The molecule has 4 unspecified atom stereocenters. The van der Waals surface area contributed by atoms with Crippen LogP contribution in [0.25, 0.3) is 0 Å². The zero-order valence-electron chi connectivity index (χ0n) is 20.1. The highest BCUT2D eigenvalue weighted by molar-refractivity contribution is 7.99. The van der Waals surface area contributed by atoms with Gasteiger partial charge >= 0.3 is 6.09 Å². The Morgan fingerprint density at radius 2 is 2.06 bits per heavy atom. The van der Waals surface area contributed by atoms with Crippen LogP contribution < -0.4 is 5.32 Å². The van der Waals surface area contributed by atoms with Crippen molar-refractivity contribution >= 4 is 23.5 Å². The maximum absolute atomic E-state index is 12.0. The molecular weight excluding hydrogens is 482 g/mol. The lowest BCUT2D eigenvalue weighted by Crippen LogP contribution is -2.38. The molecule has 11 heteroatoms. The van der Waals surface area contributed by atoms with Crippen LogP contribution in [0.5, 0.6) is 0 Å². The predicted molar refractivity (Wildman–Crippen MR) is 134 cm³/mol. The number of hydrogen-bond acceptors (Lipinski definition) is 9. The molecule has 36 heavy (non-hydrogen) atoms. The molecule has 190 valence electrons. The van der Waals surface area contributed by atoms with Gasteiger partial charge in [0.1, 0.15) is 6.61 Å². The van der Waals surface area contributed by atoms with Crippen molar-refractivity contribution in [2.75, 3.05) is 17.7 Å². The monoisotopic (exact) mass is 511 g/mol. The molecule has 1 amide bonds. The fourth-order valence-electron chi connectivity index (χ4n) is 3.86. The Bertz CT molecular complexity index is 1170. The van der Waals surface area contributed by atoms with Crippen LogP contribution in [-0.4, -0.2) is 49.9 Å². The lowest BCUT2D eigenvalue weighted by molar-refractivity contribution is -0.268. The quantitative estimate of drug-likeness (QED) is 0.324. The van der Waals surface area contributed by atoms with Crippen LogP contribution in [0.4, 0.5) is 10.5 Å². The third-order valence-electron chi connectivity index (χ3n) is 5.82. The van der Waals surface area contributed by atoms with Gasteiger partial charge in [-0.25, -0.2) is 9.48 Å². The number of ether oxygens (including phenoxy) is 3. The summed E-state index contributed by atoms with van der Waals surface area (Å²) in [5, 5.41) is 24.5. The molecule has 1 aliphatic rings. The second kappa shape index (κ2) is 12.1. The number of hydrogen-bond donors (Lipinski definition) is 2. The molecular formula is C25H29N5O5S. The molecule has 3 aromatic rings. The number of nitrogens with one attached hydrogen (secondary N) is 1. The first-order valence-corrected chi connectivity index (χ1v) is 12.5. The molecule has 10 nitrogen and oxygen atoms in total. The van der Waals surface area contributed by atoms with Crippen molar-refractivity contribution in [2.45, 2.75) is 37.2 Å². The topological polar surface area (TPSA) is 121 Å². The Morgan fingerprint density at radius 1 is 1.25 bits per heavy atom. The van der Waals surface area contributed by atoms with Gasteiger partial charge in [0.05, 0.1) is 18.8 Å². The molecule has 2 N–H and O–H groups in total. The molecule has 2 heterocycles. The van der Waals surface area contributed by atoms with Gasteiger partial charge in [-0.15, -0.1) is 5.10 Å². The summed E-state index contributed by atoms with van der Waals surface area (Å²) in [5.74, 6) is 0.636. The van der Waals surface area contributed by atoms with Crippen LogP contribution in [0.3, 0.4) is 0 Å². The molecule has 4 rings (SSSR count). The number of tetrazole rings is 1. The van der Waals surface area contributed by atoms with Crippen LogP contribution >= 0.6 is 11.8 Å². The van der Waals surface area contributed by atoms with Crippen LogP contribution in [0.2, 0.25) is 0 Å². The van der Waals surface area contributed by atoms with Gasteiger partial charge in [-0.3, -0.25) is 5.32 Å². The molecule has 1 aromatic heterocycles. The van der Waals surface area contributed by atoms with Crippen LogP contribution in [0.1, 0.15) is 36.0 Å². The maximum Gasteiger partial charge on any atom is 0.411 e. The number of carbonyl (C=O) groups is 1. The van der Waals surface area contributed by atoms with E-state index in [1.807, 2.05) is 36.4 Å². The third-order valence-corrected chi connectivity index (χ3v) is 6.92. The predicted octanol–water partition coefficient (Wildman–Crippen LogP) is 4.02. The first-order valence-electron chi connectivity index (χ1n) is 11.5. The van der Waals surface area contributed by atoms with Gasteiger partial charge in [0.15, 0.2) is 6.29 Å². The number of aliphatic hydroxyl groups is 1. The van der Waals surface area contributed by atoms with Crippen molar-refractivity contribution < 1.29 is 24.1 Å². The molecule has 4 atom stereocenters. The van der Waals surface area contributed by atoms with Crippen molar-refractivity contribution in [3.05, 3.63) is 77.9 Å². The van der Waals surface area contributed by atoms with E-state index in [9.17, 15) is 9.90 Å². The number of aliphatic hydroxyl groups excluding tert-OH is 1. The Labute approximate surface area is 213 Å². The summed E-state index contributed by atoms with van der Waals surface area (Å²) < 4.78 is 19.5. The Kier molecular flexibility index (Phi) is 8.70. The number of carbonyl (C=O) groups excluding carboxylic acids is 1. The number of rotatable bonds is 9. The van der Waals surface area contributed by atoms with Crippen molar-refractivity contribution in [1.29, 1.82) is 0 Å². The highest BCUT2D eigenvalue weighted by Crippen LogP contribution is 2.43. The minimum absolute atomic E-state index is 0.0186. The molecule has 0 aliphatic carbocycles. The van der Waals surface area contributed by atoms with Gasteiger partial charge in [-0.05, 0) is 33.7 Å². The summed E-state index contributed by atoms with van der Waals surface area (Å²) in [6, 6.07) is 15.0. The first-order chi connectivity index (χ1) is 17.5. The van der Waals surface area contributed by atoms with Crippen molar-refractivity contribution in [3.8, 4) is 0 Å². The molecule has 1 aliphatic heterocycles. The van der Waals surface area contributed by atoms with E-state index in [0.29, 0.717) is 16.6 Å². The van der Waals surface area contributed by atoms with Gasteiger partial charge in [0.25, 0.3) is 0 Å². The van der Waals surface area contributed by atoms with Crippen molar-refractivity contribution in [1.82, 2.24) is 20.2 Å². The van der Waals surface area contributed by atoms with Crippen molar-refractivity contribution in [3.63, 3.8) is 0 Å². The number of thioether (sulfide) groups is 1. The van der Waals surface area contributed by atoms with E-state index in [1.165, 1.54) is 17.8 Å². The third kappa shape index (κ3) is 6.30. The average Bonchev–Trinajstić information content (AvgIpc) is 3.31. The molecule has 1 fully saturated rings. The second-order valence-corrected chi connectivity index (χ2v) is 9.34. The minimum atomic E-state index is -0.669. The fourth-order valence-corrected chi connectivity index (χ4v) is 4.87. The van der Waals surface area contributed by atoms with E-state index in [0.717, 1.165) is 16.7 Å². The summed E-state index contributed by atoms with van der Waals surface area (Å²) in [6.45, 7) is 5.73. The number of amides is 1. The molecule has 0 radical (unpaired) electrons. The lowest BCUT2D eigenvalue weighted by atomic mass is 9.91. The maximum atomic E-state index is 12.0. The van der Waals surface area contributed by atoms with Crippen LogP contribution in [0, 0.1) is 5.92 Å². The van der Waals surface area contributed by atoms with E-state index in [-0.39, 0.29) is 31.3 Å². The van der Waals surface area contributed by atoms with Crippen LogP contribution in [-0.2, 0) is 27.9 Å². The summed E-state index contributed by atoms with van der Waals surface area (Å²) >= 11 is 1.52. The molecule has 1 saturated heterocycles. The Hall–Kier alpha value is -3.25. The zero-order valence-corrected chi connectivity index (χ0v) is 20.9. The molecule has 0 bridgehead atoms. The van der Waals surface area contributed by atoms with E-state index in [4.69, 9.17) is 14.2 Å². The number of anilines is 1. The standard InChI is InChI=1S/C25H29N5O5S/c1-4-12-33-25(32)26-20-7-5-6-19(13-20)23-34-21(15-36-24-27-28-29-30(24)3)16(2)22(35-23)18-10-8-17(14-31)9-11-18/h4-11,13,16,21-23,31H,1,12,14-15H2,2-3H3,(H,26,32). The largest absolute Gasteiger partial charge is 0.445 e. The highest BCUT2D eigenvalue weighted by atomic mass is 32.2. The number of nitrogens with zero attached hydrogens (tertiary/aromatic N) is 4. The van der Waals surface area contributed by atoms with E-state index >= 15 is 0 Å². The number of aromatic nitrogens is 4. The van der Waals surface area contributed by atoms with E-state index < -0.39 is 12.4 Å². The smallest absolute Gasteiger partial charge is 0.411 e. The normalized spacial score (nSPS) is 21.6. The lowest BCUT2D eigenvalue weighted by Gasteiger charge is -2.41. The van der Waals surface area contributed by atoms with E-state index in [1.54, 1.807) is 23.9 Å². The average molecular weight is 512 g/mol. The molecule has 2 aromatic carbocycles. The summed E-state index contributed by atoms with van der Waals surface area (Å²) in [7, 11) is 1.80. The Balaban J connectivity index is 1.56. The van der Waals surface area contributed by atoms with Gasteiger partial charge < -0.3 is 19.3 Å². The fraction of sp³-hybridized carbons (Fsp3) is 0.360. The number of benzene rings is 2. The highest BCUT2D eigenvalue weighted by Gasteiger charge is 2.38. The second-order valence-electron chi connectivity index (χ2n) is 8.36. The number of aryl methyl sites for hydroxylation is 1.